The van der Waals surface area contributed by atoms with E-state index in [-0.39, 0.29) is 24.2 Å². The highest BCUT2D eigenvalue weighted by Crippen LogP contribution is 2.28. The number of likely N-dealkylation sites (N-methyl/N-ethyl adjacent to an activating group) is 1. The van der Waals surface area contributed by atoms with Gasteiger partial charge in [0.2, 0.25) is 5.91 Å². The molecule has 1 amide bonds. The zero-order valence-electron chi connectivity index (χ0n) is 13.1. The Kier molecular flexibility index (Phi) is 4.26. The van der Waals surface area contributed by atoms with E-state index in [0.717, 1.165) is 15.2 Å². The van der Waals surface area contributed by atoms with Gasteiger partial charge in [-0.15, -0.1) is 16.4 Å². The summed E-state index contributed by atoms with van der Waals surface area (Å²) in [5, 5.41) is 16.8. The van der Waals surface area contributed by atoms with Crippen molar-refractivity contribution in [2.24, 2.45) is 0 Å². The largest absolute Gasteiger partial charge is 0.476 e. The molecule has 0 saturated carbocycles. The van der Waals surface area contributed by atoms with E-state index < -0.39 is 5.97 Å². The Bertz CT molecular complexity index is 870. The molecule has 124 valence electrons. The van der Waals surface area contributed by atoms with E-state index in [4.69, 9.17) is 5.11 Å². The second-order valence-corrected chi connectivity index (χ2v) is 6.37. The number of fused-ring (bicyclic) bond motifs is 1. The molecule has 3 rings (SSSR count). The van der Waals surface area contributed by atoms with E-state index >= 15 is 0 Å². The Hall–Kier alpha value is -2.81. The average Bonchev–Trinajstić information content (AvgIpc) is 3.19. The number of amides is 1. The van der Waals surface area contributed by atoms with E-state index in [1.807, 2.05) is 31.2 Å². The second kappa shape index (κ2) is 6.36. The number of hydrogen-bond acceptors (Lipinski definition) is 6. The third-order valence-electron chi connectivity index (χ3n) is 3.70. The van der Waals surface area contributed by atoms with Crippen molar-refractivity contribution in [2.75, 3.05) is 7.05 Å². The molecule has 1 N–H and O–H groups in total. The number of thiazole rings is 1. The van der Waals surface area contributed by atoms with Crippen LogP contribution >= 0.6 is 11.3 Å². The molecule has 8 nitrogen and oxygen atoms in total. The molecular weight excluding hydrogens is 330 g/mol. The summed E-state index contributed by atoms with van der Waals surface area (Å²) in [4.78, 5) is 29.3. The summed E-state index contributed by atoms with van der Waals surface area (Å²) in [5.41, 5.74) is 0.720. The van der Waals surface area contributed by atoms with Gasteiger partial charge in [-0.25, -0.2) is 14.5 Å². The minimum absolute atomic E-state index is 0.0774. The lowest BCUT2D eigenvalue weighted by Gasteiger charge is -2.23. The van der Waals surface area contributed by atoms with Gasteiger partial charge in [-0.1, -0.05) is 17.3 Å². The fraction of sp³-hybridized carbons (Fsp3) is 0.267. The van der Waals surface area contributed by atoms with Crippen molar-refractivity contribution in [1.29, 1.82) is 0 Å². The molecule has 1 atom stereocenters. The molecule has 0 aliphatic heterocycles. The first-order valence-electron chi connectivity index (χ1n) is 7.20. The lowest BCUT2D eigenvalue weighted by atomic mass is 10.3. The molecule has 3 aromatic rings. The molecule has 0 radical (unpaired) electrons. The second-order valence-electron chi connectivity index (χ2n) is 5.31. The summed E-state index contributed by atoms with van der Waals surface area (Å²) in [6.45, 7) is 1.83. The number of nitrogens with zero attached hydrogens (tertiary/aromatic N) is 5. The van der Waals surface area contributed by atoms with Gasteiger partial charge in [-0.3, -0.25) is 4.79 Å². The molecule has 0 spiro atoms. The SMILES string of the molecule is CC(c1nc2ccccc2s1)N(C)C(=O)Cn1cc(C(=O)O)nn1. The summed E-state index contributed by atoms with van der Waals surface area (Å²) >= 11 is 1.55. The number of carbonyl (C=O) groups excluding carboxylic acids is 1. The summed E-state index contributed by atoms with van der Waals surface area (Å²) in [5.74, 6) is -1.38. The highest BCUT2D eigenvalue weighted by molar-refractivity contribution is 7.18. The van der Waals surface area contributed by atoms with E-state index in [2.05, 4.69) is 15.3 Å². The van der Waals surface area contributed by atoms with Crippen LogP contribution in [0.3, 0.4) is 0 Å². The van der Waals surface area contributed by atoms with Crippen molar-refractivity contribution in [3.8, 4) is 0 Å². The average molecular weight is 345 g/mol. The number of para-hydroxylation sites is 1. The Morgan fingerprint density at radius 2 is 2.12 bits per heavy atom. The molecule has 0 bridgehead atoms. The van der Waals surface area contributed by atoms with Crippen LogP contribution in [0.2, 0.25) is 0 Å². The highest BCUT2D eigenvalue weighted by atomic mass is 32.1. The standard InChI is InChI=1S/C15H15N5O3S/c1-9(14-16-10-5-3-4-6-12(10)24-14)19(2)13(21)8-20-7-11(15(22)23)17-18-20/h3-7,9H,8H2,1-2H3,(H,22,23). The van der Waals surface area contributed by atoms with E-state index in [9.17, 15) is 9.59 Å². The van der Waals surface area contributed by atoms with Crippen LogP contribution in [0, 0.1) is 0 Å². The van der Waals surface area contributed by atoms with Crippen molar-refractivity contribution in [1.82, 2.24) is 24.9 Å². The minimum atomic E-state index is -1.18. The normalized spacial score (nSPS) is 12.2. The van der Waals surface area contributed by atoms with Gasteiger partial charge in [0.1, 0.15) is 11.6 Å². The summed E-state index contributed by atoms with van der Waals surface area (Å²) in [6, 6.07) is 7.61. The lowest BCUT2D eigenvalue weighted by Crippen LogP contribution is -2.32. The molecule has 0 aliphatic rings. The summed E-state index contributed by atoms with van der Waals surface area (Å²) in [7, 11) is 1.69. The van der Waals surface area contributed by atoms with Crippen LogP contribution in [0.1, 0.15) is 28.5 Å². The van der Waals surface area contributed by atoms with Crippen molar-refractivity contribution in [3.05, 3.63) is 41.2 Å². The molecule has 2 aromatic heterocycles. The van der Waals surface area contributed by atoms with Crippen LogP contribution in [0.15, 0.2) is 30.5 Å². The van der Waals surface area contributed by atoms with Gasteiger partial charge in [-0.2, -0.15) is 0 Å². The molecule has 1 unspecified atom stereocenters. The Balaban J connectivity index is 1.72. The van der Waals surface area contributed by atoms with Crippen LogP contribution < -0.4 is 0 Å². The van der Waals surface area contributed by atoms with Crippen LogP contribution in [0.5, 0.6) is 0 Å². The van der Waals surface area contributed by atoms with Gasteiger partial charge >= 0.3 is 5.97 Å². The maximum atomic E-state index is 12.4. The van der Waals surface area contributed by atoms with Gasteiger partial charge in [0.05, 0.1) is 22.5 Å². The first-order chi connectivity index (χ1) is 11.5. The Morgan fingerprint density at radius 1 is 1.38 bits per heavy atom. The van der Waals surface area contributed by atoms with Gasteiger partial charge < -0.3 is 10.0 Å². The fourth-order valence-corrected chi connectivity index (χ4v) is 3.24. The number of carboxylic acid groups (broad SMARTS) is 1. The predicted octanol–water partition coefficient (Wildman–Crippen LogP) is 1.81. The first-order valence-corrected chi connectivity index (χ1v) is 8.02. The monoisotopic (exact) mass is 345 g/mol. The van der Waals surface area contributed by atoms with Gasteiger partial charge in [-0.05, 0) is 19.1 Å². The molecule has 1 aromatic carbocycles. The summed E-state index contributed by atoms with van der Waals surface area (Å²) < 4.78 is 2.29. The van der Waals surface area contributed by atoms with Crippen molar-refractivity contribution >= 4 is 33.4 Å². The van der Waals surface area contributed by atoms with Crippen molar-refractivity contribution in [2.45, 2.75) is 19.5 Å². The smallest absolute Gasteiger partial charge is 0.358 e. The van der Waals surface area contributed by atoms with Gasteiger partial charge in [0.25, 0.3) is 0 Å². The van der Waals surface area contributed by atoms with Crippen LogP contribution in [-0.4, -0.2) is 48.9 Å². The minimum Gasteiger partial charge on any atom is -0.476 e. The number of aromatic carboxylic acids is 1. The molecule has 0 fully saturated rings. The van der Waals surface area contributed by atoms with Crippen molar-refractivity contribution < 1.29 is 14.7 Å². The van der Waals surface area contributed by atoms with Crippen LogP contribution in [0.4, 0.5) is 0 Å². The molecule has 0 aliphatic carbocycles. The van der Waals surface area contributed by atoms with Crippen molar-refractivity contribution in [3.63, 3.8) is 0 Å². The Morgan fingerprint density at radius 3 is 2.79 bits per heavy atom. The lowest BCUT2D eigenvalue weighted by molar-refractivity contribution is -0.132. The van der Waals surface area contributed by atoms with E-state index in [1.165, 1.54) is 10.9 Å². The van der Waals surface area contributed by atoms with E-state index in [1.54, 1.807) is 23.3 Å². The molecule has 0 saturated heterocycles. The molecule has 24 heavy (non-hydrogen) atoms. The molecule has 9 heteroatoms. The Labute approximate surface area is 141 Å². The fourth-order valence-electron chi connectivity index (χ4n) is 2.17. The quantitative estimate of drug-likeness (QED) is 0.757. The third kappa shape index (κ3) is 3.11. The first kappa shape index (κ1) is 16.1. The number of benzene rings is 1. The molecule has 2 heterocycles. The number of aromatic nitrogens is 4. The van der Waals surface area contributed by atoms with Gasteiger partial charge in [0, 0.05) is 7.05 Å². The topological polar surface area (TPSA) is 101 Å². The molecular formula is C15H15N5O3S. The predicted molar refractivity (Wildman–Crippen MR) is 87.8 cm³/mol. The number of hydrogen-bond donors (Lipinski definition) is 1. The maximum absolute atomic E-state index is 12.4. The van der Waals surface area contributed by atoms with Crippen LogP contribution in [-0.2, 0) is 11.3 Å². The third-order valence-corrected chi connectivity index (χ3v) is 4.90. The number of carbonyl (C=O) groups is 2. The summed E-state index contributed by atoms with van der Waals surface area (Å²) in [6.07, 6.45) is 1.23. The highest BCUT2D eigenvalue weighted by Gasteiger charge is 2.21. The number of carboxylic acids is 1. The maximum Gasteiger partial charge on any atom is 0.358 e. The van der Waals surface area contributed by atoms with Crippen LogP contribution in [0.25, 0.3) is 10.2 Å². The zero-order valence-corrected chi connectivity index (χ0v) is 13.9. The number of rotatable bonds is 5. The zero-order chi connectivity index (χ0) is 17.3. The van der Waals surface area contributed by atoms with E-state index in [0.29, 0.717) is 0 Å². The van der Waals surface area contributed by atoms with Gasteiger partial charge in [0.15, 0.2) is 5.69 Å².